The van der Waals surface area contributed by atoms with Gasteiger partial charge in [0.2, 0.25) is 0 Å². The number of nitrogens with zero attached hydrogens (tertiary/aromatic N) is 1. The molecule has 1 aromatic carbocycles. The Morgan fingerprint density at radius 1 is 1.25 bits per heavy atom. The van der Waals surface area contributed by atoms with Gasteiger partial charge in [-0.2, -0.15) is 0 Å². The van der Waals surface area contributed by atoms with Crippen LogP contribution >= 0.6 is 11.3 Å². The number of aromatic nitrogens is 1. The lowest BCUT2D eigenvalue weighted by molar-refractivity contribution is 0.111. The highest BCUT2D eigenvalue weighted by molar-refractivity contribution is 7.09. The molecule has 0 saturated carbocycles. The molecular weight excluding hydrogens is 270 g/mol. The van der Waals surface area contributed by atoms with Gasteiger partial charge in [0.05, 0.1) is 11.6 Å². The lowest BCUT2D eigenvalue weighted by Gasteiger charge is -2.19. The number of carbonyl (C=O) groups is 1. The molecule has 2 rings (SSSR count). The highest BCUT2D eigenvalue weighted by Gasteiger charge is 2.12. The van der Waals surface area contributed by atoms with Crippen molar-refractivity contribution < 1.29 is 9.53 Å². The second kappa shape index (κ2) is 6.18. The summed E-state index contributed by atoms with van der Waals surface area (Å²) in [6.45, 7) is 7.14. The fraction of sp³-hybridized carbons (Fsp3) is 0.375. The summed E-state index contributed by atoms with van der Waals surface area (Å²) in [5, 5.41) is 2.69. The zero-order valence-electron chi connectivity index (χ0n) is 12.1. The minimum absolute atomic E-state index is 0.157. The van der Waals surface area contributed by atoms with Gasteiger partial charge in [-0.3, -0.25) is 4.79 Å². The van der Waals surface area contributed by atoms with Crippen molar-refractivity contribution >= 4 is 17.6 Å². The van der Waals surface area contributed by atoms with E-state index in [4.69, 9.17) is 4.74 Å². The van der Waals surface area contributed by atoms with E-state index in [1.165, 1.54) is 16.9 Å². The predicted molar refractivity (Wildman–Crippen MR) is 81.8 cm³/mol. The van der Waals surface area contributed by atoms with Gasteiger partial charge in [-0.15, -0.1) is 11.3 Å². The van der Waals surface area contributed by atoms with Crippen LogP contribution in [-0.2, 0) is 11.8 Å². The monoisotopic (exact) mass is 289 g/mol. The van der Waals surface area contributed by atoms with Gasteiger partial charge in [0.1, 0.15) is 11.4 Å². The van der Waals surface area contributed by atoms with Crippen LogP contribution in [0, 0.1) is 0 Å². The van der Waals surface area contributed by atoms with E-state index in [2.05, 4.69) is 37.9 Å². The number of ether oxygens (including phenoxy) is 1. The van der Waals surface area contributed by atoms with E-state index in [1.807, 2.05) is 12.1 Å². The van der Waals surface area contributed by atoms with Crippen molar-refractivity contribution in [2.75, 3.05) is 6.61 Å². The first-order chi connectivity index (χ1) is 9.49. The average Bonchev–Trinajstić information content (AvgIpc) is 2.86. The van der Waals surface area contributed by atoms with E-state index in [1.54, 1.807) is 5.38 Å². The number of aldehydes is 1. The Balaban J connectivity index is 1.86. The van der Waals surface area contributed by atoms with Crippen LogP contribution in [0.4, 0.5) is 0 Å². The first-order valence-electron chi connectivity index (χ1n) is 6.62. The average molecular weight is 289 g/mol. The molecule has 0 aliphatic rings. The van der Waals surface area contributed by atoms with Crippen molar-refractivity contribution in [1.82, 2.24) is 4.98 Å². The smallest absolute Gasteiger partial charge is 0.169 e. The van der Waals surface area contributed by atoms with Gasteiger partial charge in [0.25, 0.3) is 0 Å². The van der Waals surface area contributed by atoms with Crippen molar-refractivity contribution in [2.45, 2.75) is 32.6 Å². The first-order valence-corrected chi connectivity index (χ1v) is 7.50. The van der Waals surface area contributed by atoms with Gasteiger partial charge in [-0.05, 0) is 23.1 Å². The molecule has 1 aromatic heterocycles. The second-order valence-electron chi connectivity index (χ2n) is 5.66. The Morgan fingerprint density at radius 2 is 1.95 bits per heavy atom. The standard InChI is InChI=1S/C16H19NO2S/c1-16(2,3)12-4-6-14(7-5-12)19-9-8-15-17-13(10-18)11-20-15/h4-7,10-11H,8-9H2,1-3H3. The maximum atomic E-state index is 10.5. The molecule has 0 saturated heterocycles. The van der Waals surface area contributed by atoms with Gasteiger partial charge in [0.15, 0.2) is 6.29 Å². The third kappa shape index (κ3) is 3.90. The van der Waals surface area contributed by atoms with E-state index in [-0.39, 0.29) is 5.41 Å². The largest absolute Gasteiger partial charge is 0.493 e. The Hall–Kier alpha value is -1.68. The molecule has 0 spiro atoms. The van der Waals surface area contributed by atoms with Crippen molar-refractivity contribution in [3.05, 3.63) is 45.9 Å². The van der Waals surface area contributed by atoms with Gasteiger partial charge in [-0.25, -0.2) is 4.98 Å². The van der Waals surface area contributed by atoms with Crippen LogP contribution in [0.3, 0.4) is 0 Å². The number of hydrogen-bond acceptors (Lipinski definition) is 4. The van der Waals surface area contributed by atoms with Crippen LogP contribution in [0.15, 0.2) is 29.6 Å². The highest BCUT2D eigenvalue weighted by Crippen LogP contribution is 2.24. The van der Waals surface area contributed by atoms with Crippen LogP contribution in [0.25, 0.3) is 0 Å². The molecule has 0 amide bonds. The molecule has 20 heavy (non-hydrogen) atoms. The molecule has 0 fully saturated rings. The summed E-state index contributed by atoms with van der Waals surface area (Å²) in [4.78, 5) is 14.7. The molecule has 0 N–H and O–H groups in total. The molecule has 3 nitrogen and oxygen atoms in total. The van der Waals surface area contributed by atoms with Gasteiger partial charge < -0.3 is 4.74 Å². The van der Waals surface area contributed by atoms with Crippen LogP contribution in [0.2, 0.25) is 0 Å². The maximum Gasteiger partial charge on any atom is 0.169 e. The number of hydrogen-bond donors (Lipinski definition) is 0. The van der Waals surface area contributed by atoms with Crippen molar-refractivity contribution in [3.63, 3.8) is 0 Å². The Kier molecular flexibility index (Phi) is 4.55. The zero-order valence-corrected chi connectivity index (χ0v) is 12.9. The Bertz CT molecular complexity index is 567. The van der Waals surface area contributed by atoms with E-state index in [9.17, 15) is 4.79 Å². The summed E-state index contributed by atoms with van der Waals surface area (Å²) in [7, 11) is 0. The van der Waals surface area contributed by atoms with Gasteiger partial charge in [0, 0.05) is 11.8 Å². The molecule has 0 atom stereocenters. The van der Waals surface area contributed by atoms with E-state index in [0.29, 0.717) is 12.3 Å². The number of thiazole rings is 1. The quantitative estimate of drug-likeness (QED) is 0.784. The molecule has 0 bridgehead atoms. The Morgan fingerprint density at radius 3 is 2.50 bits per heavy atom. The lowest BCUT2D eigenvalue weighted by Crippen LogP contribution is -2.10. The van der Waals surface area contributed by atoms with E-state index in [0.717, 1.165) is 23.5 Å². The van der Waals surface area contributed by atoms with Gasteiger partial charge >= 0.3 is 0 Å². The fourth-order valence-electron chi connectivity index (χ4n) is 1.80. The molecule has 2 aromatic rings. The second-order valence-corrected chi connectivity index (χ2v) is 6.60. The summed E-state index contributed by atoms with van der Waals surface area (Å²) in [6.07, 6.45) is 1.49. The maximum absolute atomic E-state index is 10.5. The minimum Gasteiger partial charge on any atom is -0.493 e. The third-order valence-corrected chi connectivity index (χ3v) is 3.92. The van der Waals surface area contributed by atoms with Crippen LogP contribution in [-0.4, -0.2) is 17.9 Å². The van der Waals surface area contributed by atoms with Crippen molar-refractivity contribution in [1.29, 1.82) is 0 Å². The lowest BCUT2D eigenvalue weighted by atomic mass is 9.87. The molecule has 106 valence electrons. The molecule has 0 aliphatic heterocycles. The molecule has 0 aliphatic carbocycles. The van der Waals surface area contributed by atoms with Crippen LogP contribution in [0.1, 0.15) is 41.8 Å². The topological polar surface area (TPSA) is 39.2 Å². The van der Waals surface area contributed by atoms with Crippen LogP contribution < -0.4 is 4.74 Å². The van der Waals surface area contributed by atoms with Crippen molar-refractivity contribution in [2.24, 2.45) is 0 Å². The molecular formula is C16H19NO2S. The normalized spacial score (nSPS) is 11.3. The SMILES string of the molecule is CC(C)(C)c1ccc(OCCc2nc(C=O)cs2)cc1. The summed E-state index contributed by atoms with van der Waals surface area (Å²) >= 11 is 1.49. The number of rotatable bonds is 5. The predicted octanol–water partition coefficient (Wildman–Crippen LogP) is 3.87. The fourth-order valence-corrected chi connectivity index (χ4v) is 2.53. The molecule has 0 radical (unpaired) electrons. The highest BCUT2D eigenvalue weighted by atomic mass is 32.1. The van der Waals surface area contributed by atoms with Crippen molar-refractivity contribution in [3.8, 4) is 5.75 Å². The molecule has 4 heteroatoms. The van der Waals surface area contributed by atoms with Crippen LogP contribution in [0.5, 0.6) is 5.75 Å². The summed E-state index contributed by atoms with van der Waals surface area (Å²) in [6, 6.07) is 8.20. The summed E-state index contributed by atoms with van der Waals surface area (Å²) in [5.74, 6) is 0.866. The van der Waals surface area contributed by atoms with E-state index < -0.39 is 0 Å². The summed E-state index contributed by atoms with van der Waals surface area (Å²) < 4.78 is 5.70. The van der Waals surface area contributed by atoms with E-state index >= 15 is 0 Å². The minimum atomic E-state index is 0.157. The molecule has 0 unspecified atom stereocenters. The summed E-state index contributed by atoms with van der Waals surface area (Å²) in [5.41, 5.74) is 1.95. The molecule has 1 heterocycles. The number of carbonyl (C=O) groups excluding carboxylic acids is 1. The first kappa shape index (κ1) is 14.7. The zero-order chi connectivity index (χ0) is 14.6. The number of benzene rings is 1. The third-order valence-electron chi connectivity index (χ3n) is 3.00. The Labute approximate surface area is 123 Å². The van der Waals surface area contributed by atoms with Gasteiger partial charge in [-0.1, -0.05) is 32.9 Å².